The zero-order valence-electron chi connectivity index (χ0n) is 12.0. The zero-order chi connectivity index (χ0) is 14.8. The molecule has 0 aliphatic carbocycles. The molecule has 1 aromatic heterocycles. The van der Waals surface area contributed by atoms with Gasteiger partial charge in [-0.2, -0.15) is 0 Å². The quantitative estimate of drug-likeness (QED) is 0.772. The van der Waals surface area contributed by atoms with E-state index in [1.165, 1.54) is 6.33 Å². The van der Waals surface area contributed by atoms with Crippen molar-refractivity contribution >= 4 is 10.0 Å². The Morgan fingerprint density at radius 3 is 2.60 bits per heavy atom. The van der Waals surface area contributed by atoms with E-state index in [0.29, 0.717) is 25.9 Å². The van der Waals surface area contributed by atoms with E-state index < -0.39 is 15.6 Å². The van der Waals surface area contributed by atoms with Gasteiger partial charge in [-0.1, -0.05) is 0 Å². The molecule has 1 aliphatic rings. The first-order valence-corrected chi connectivity index (χ1v) is 8.33. The number of sulfonamides is 1. The minimum Gasteiger partial charge on any atom is -0.336 e. The van der Waals surface area contributed by atoms with Crippen LogP contribution in [0.3, 0.4) is 0 Å². The van der Waals surface area contributed by atoms with E-state index in [4.69, 9.17) is 5.73 Å². The molecule has 1 fully saturated rings. The Labute approximate surface area is 120 Å². The van der Waals surface area contributed by atoms with Gasteiger partial charge in [0.25, 0.3) is 10.0 Å². The highest BCUT2D eigenvalue weighted by Crippen LogP contribution is 2.23. The Bertz CT molecular complexity index is 546. The number of nitrogens with zero attached hydrogens (tertiary/aromatic N) is 3. The fraction of sp³-hybridized carbons (Fsp3) is 0.750. The number of piperidine rings is 1. The lowest BCUT2D eigenvalue weighted by Crippen LogP contribution is -2.58. The van der Waals surface area contributed by atoms with E-state index in [9.17, 15) is 8.42 Å². The molecule has 2 heterocycles. The lowest BCUT2D eigenvalue weighted by Gasteiger charge is -2.39. The van der Waals surface area contributed by atoms with Crippen LogP contribution >= 0.6 is 0 Å². The second kappa shape index (κ2) is 5.80. The predicted octanol–water partition coefficient (Wildman–Crippen LogP) is -0.396. The second-order valence-electron chi connectivity index (χ2n) is 5.44. The summed E-state index contributed by atoms with van der Waals surface area (Å²) in [6.07, 6.45) is 4.50. The number of imidazole rings is 1. The number of aromatic nitrogens is 2. The van der Waals surface area contributed by atoms with Gasteiger partial charge in [0.15, 0.2) is 5.03 Å². The molecule has 0 radical (unpaired) electrons. The third-order valence-corrected chi connectivity index (χ3v) is 5.40. The molecule has 20 heavy (non-hydrogen) atoms. The van der Waals surface area contributed by atoms with Crippen molar-refractivity contribution in [2.75, 3.05) is 26.7 Å². The Kier molecular flexibility index (Phi) is 4.48. The third-order valence-electron chi connectivity index (χ3n) is 3.94. The maximum absolute atomic E-state index is 12.4. The standard InChI is InChI=1S/C12H23N5O2S/c1-3-17-8-11(14-10-17)20(18,19)15-12(9-13)4-6-16(2)7-5-12/h8,10,15H,3-7,9,13H2,1-2H3. The Hall–Kier alpha value is -0.960. The number of nitrogens with two attached hydrogens (primary N) is 1. The van der Waals surface area contributed by atoms with E-state index in [-0.39, 0.29) is 5.03 Å². The van der Waals surface area contributed by atoms with E-state index in [1.807, 2.05) is 14.0 Å². The van der Waals surface area contributed by atoms with Gasteiger partial charge < -0.3 is 15.2 Å². The molecular formula is C12H23N5O2S. The summed E-state index contributed by atoms with van der Waals surface area (Å²) in [5.74, 6) is 0. The molecule has 0 unspecified atom stereocenters. The fourth-order valence-corrected chi connectivity index (χ4v) is 3.81. The molecule has 1 aromatic rings. The van der Waals surface area contributed by atoms with Crippen molar-refractivity contribution in [1.82, 2.24) is 19.2 Å². The number of rotatable bonds is 5. The summed E-state index contributed by atoms with van der Waals surface area (Å²) in [4.78, 5) is 6.14. The summed E-state index contributed by atoms with van der Waals surface area (Å²) in [5.41, 5.74) is 5.28. The van der Waals surface area contributed by atoms with Gasteiger partial charge in [0.05, 0.1) is 6.33 Å². The smallest absolute Gasteiger partial charge is 0.260 e. The Balaban J connectivity index is 2.17. The molecule has 0 amide bonds. The summed E-state index contributed by atoms with van der Waals surface area (Å²) in [6.45, 7) is 4.60. The number of nitrogens with one attached hydrogen (secondary N) is 1. The lowest BCUT2D eigenvalue weighted by molar-refractivity contribution is 0.182. The summed E-state index contributed by atoms with van der Waals surface area (Å²) in [5, 5.41) is 0.0612. The first kappa shape index (κ1) is 15.4. The molecule has 8 heteroatoms. The van der Waals surface area contributed by atoms with Crippen molar-refractivity contribution in [3.8, 4) is 0 Å². The minimum atomic E-state index is -3.62. The van der Waals surface area contributed by atoms with E-state index in [0.717, 1.165) is 13.1 Å². The maximum Gasteiger partial charge on any atom is 0.260 e. The van der Waals surface area contributed by atoms with Crippen molar-refractivity contribution < 1.29 is 8.42 Å². The minimum absolute atomic E-state index is 0.0612. The van der Waals surface area contributed by atoms with E-state index in [1.54, 1.807) is 10.8 Å². The fourth-order valence-electron chi connectivity index (χ4n) is 2.38. The van der Waals surface area contributed by atoms with Crippen LogP contribution < -0.4 is 10.5 Å². The highest BCUT2D eigenvalue weighted by atomic mass is 32.2. The van der Waals surface area contributed by atoms with Crippen molar-refractivity contribution in [1.29, 1.82) is 0 Å². The summed E-state index contributed by atoms with van der Waals surface area (Å²) >= 11 is 0. The molecule has 114 valence electrons. The summed E-state index contributed by atoms with van der Waals surface area (Å²) < 4.78 is 29.4. The SMILES string of the molecule is CCn1cnc(S(=O)(=O)NC2(CN)CCN(C)CC2)c1. The normalized spacial score (nSPS) is 20.1. The van der Waals surface area contributed by atoms with E-state index in [2.05, 4.69) is 14.6 Å². The van der Waals surface area contributed by atoms with Crippen molar-refractivity contribution in [3.63, 3.8) is 0 Å². The molecule has 1 saturated heterocycles. The first-order chi connectivity index (χ1) is 9.41. The van der Waals surface area contributed by atoms with Gasteiger partial charge in [-0.3, -0.25) is 0 Å². The van der Waals surface area contributed by atoms with Crippen molar-refractivity contribution in [3.05, 3.63) is 12.5 Å². The van der Waals surface area contributed by atoms with Crippen LogP contribution in [0.15, 0.2) is 17.6 Å². The van der Waals surface area contributed by atoms with Crippen LogP contribution in [-0.2, 0) is 16.6 Å². The molecule has 0 spiro atoms. The van der Waals surface area contributed by atoms with Gasteiger partial charge in [0, 0.05) is 24.8 Å². The van der Waals surface area contributed by atoms with Crippen LogP contribution in [0.5, 0.6) is 0 Å². The average molecular weight is 301 g/mol. The van der Waals surface area contributed by atoms with Gasteiger partial charge in [-0.05, 0) is 39.9 Å². The van der Waals surface area contributed by atoms with Crippen LogP contribution in [0.2, 0.25) is 0 Å². The molecule has 0 bridgehead atoms. The van der Waals surface area contributed by atoms with Gasteiger partial charge >= 0.3 is 0 Å². The van der Waals surface area contributed by atoms with Gasteiger partial charge in [-0.15, -0.1) is 0 Å². The number of aryl methyl sites for hydroxylation is 1. The maximum atomic E-state index is 12.4. The number of likely N-dealkylation sites (tertiary alicyclic amines) is 1. The molecule has 1 aliphatic heterocycles. The van der Waals surface area contributed by atoms with Gasteiger partial charge in [0.1, 0.15) is 0 Å². The molecular weight excluding hydrogens is 278 g/mol. The molecule has 7 nitrogen and oxygen atoms in total. The van der Waals surface area contributed by atoms with Gasteiger partial charge in [0.2, 0.25) is 0 Å². The van der Waals surface area contributed by atoms with Crippen LogP contribution in [0.4, 0.5) is 0 Å². The van der Waals surface area contributed by atoms with Crippen LogP contribution in [0.1, 0.15) is 19.8 Å². The highest BCUT2D eigenvalue weighted by molar-refractivity contribution is 7.89. The summed E-state index contributed by atoms with van der Waals surface area (Å²) in [7, 11) is -1.59. The topological polar surface area (TPSA) is 93.2 Å². The Morgan fingerprint density at radius 1 is 1.45 bits per heavy atom. The molecule has 0 atom stereocenters. The van der Waals surface area contributed by atoms with Crippen LogP contribution in [0.25, 0.3) is 0 Å². The molecule has 0 saturated carbocycles. The van der Waals surface area contributed by atoms with Crippen molar-refractivity contribution in [2.45, 2.75) is 36.9 Å². The molecule has 2 rings (SSSR count). The van der Waals surface area contributed by atoms with Gasteiger partial charge in [-0.25, -0.2) is 18.1 Å². The zero-order valence-corrected chi connectivity index (χ0v) is 12.9. The Morgan fingerprint density at radius 2 is 2.10 bits per heavy atom. The molecule has 0 aromatic carbocycles. The first-order valence-electron chi connectivity index (χ1n) is 6.85. The van der Waals surface area contributed by atoms with Crippen LogP contribution in [-0.4, -0.2) is 55.1 Å². The van der Waals surface area contributed by atoms with Crippen LogP contribution in [0, 0.1) is 0 Å². The van der Waals surface area contributed by atoms with Crippen molar-refractivity contribution in [2.24, 2.45) is 5.73 Å². The number of hydrogen-bond donors (Lipinski definition) is 2. The second-order valence-corrected chi connectivity index (χ2v) is 7.06. The highest BCUT2D eigenvalue weighted by Gasteiger charge is 2.37. The third kappa shape index (κ3) is 3.20. The monoisotopic (exact) mass is 301 g/mol. The summed E-state index contributed by atoms with van der Waals surface area (Å²) in [6, 6.07) is 0. The predicted molar refractivity (Wildman–Crippen MR) is 76.7 cm³/mol. The van der Waals surface area contributed by atoms with E-state index >= 15 is 0 Å². The number of hydrogen-bond acceptors (Lipinski definition) is 5. The molecule has 3 N–H and O–H groups in total. The lowest BCUT2D eigenvalue weighted by atomic mass is 9.89. The average Bonchev–Trinajstić information content (AvgIpc) is 2.91. The largest absolute Gasteiger partial charge is 0.336 e.